The number of rotatable bonds is 10. The zero-order valence-electron chi connectivity index (χ0n) is 15.9. The molecular weight excluding hydrogens is 320 g/mol. The topological polar surface area (TPSA) is 67.9 Å². The second kappa shape index (κ2) is 10.6. The molecule has 0 fully saturated rings. The molecule has 1 rings (SSSR count). The van der Waals surface area contributed by atoms with Crippen LogP contribution in [-0.2, 0) is 4.79 Å². The first-order valence-corrected chi connectivity index (χ1v) is 8.82. The number of hydrogen-bond acceptors (Lipinski definition) is 4. The molecule has 0 aliphatic carbocycles. The zero-order valence-corrected chi connectivity index (χ0v) is 15.9. The maximum atomic E-state index is 12.7. The minimum Gasteiger partial charge on any atom is -0.493 e. The molecule has 0 saturated heterocycles. The summed E-state index contributed by atoms with van der Waals surface area (Å²) in [6, 6.07) is 5.10. The summed E-state index contributed by atoms with van der Waals surface area (Å²) in [7, 11) is 1.51. The summed E-state index contributed by atoms with van der Waals surface area (Å²) in [5.41, 5.74) is 0.553. The summed E-state index contributed by atoms with van der Waals surface area (Å²) in [6.07, 6.45) is 1.82. The highest BCUT2D eigenvalue weighted by Crippen LogP contribution is 2.28. The Kier molecular flexibility index (Phi) is 8.81. The Morgan fingerprint density at radius 2 is 1.76 bits per heavy atom. The van der Waals surface area contributed by atoms with E-state index in [2.05, 4.69) is 19.2 Å². The number of nitrogens with one attached hydrogen (secondary N) is 1. The zero-order chi connectivity index (χ0) is 18.8. The number of benzene rings is 1. The second-order valence-corrected chi connectivity index (χ2v) is 6.17. The lowest BCUT2D eigenvalue weighted by molar-refractivity contribution is -0.123. The van der Waals surface area contributed by atoms with E-state index in [1.807, 2.05) is 18.7 Å². The largest absolute Gasteiger partial charge is 0.493 e. The Labute approximate surface area is 150 Å². The average Bonchev–Trinajstić information content (AvgIpc) is 2.58. The van der Waals surface area contributed by atoms with Crippen molar-refractivity contribution < 1.29 is 19.1 Å². The molecule has 25 heavy (non-hydrogen) atoms. The first-order valence-electron chi connectivity index (χ1n) is 8.82. The molecule has 0 saturated carbocycles. The van der Waals surface area contributed by atoms with Gasteiger partial charge in [-0.2, -0.15) is 0 Å². The molecule has 0 atom stereocenters. The number of carbonyl (C=O) groups excluding carboxylic acids is 2. The Morgan fingerprint density at radius 3 is 2.28 bits per heavy atom. The van der Waals surface area contributed by atoms with E-state index in [9.17, 15) is 9.59 Å². The molecule has 0 bridgehead atoms. The van der Waals surface area contributed by atoms with Crippen LogP contribution >= 0.6 is 0 Å². The third-order valence-electron chi connectivity index (χ3n) is 3.49. The van der Waals surface area contributed by atoms with Crippen molar-refractivity contribution in [3.05, 3.63) is 23.8 Å². The lowest BCUT2D eigenvalue weighted by Gasteiger charge is -2.22. The van der Waals surface area contributed by atoms with Crippen molar-refractivity contribution in [1.82, 2.24) is 10.2 Å². The number of ether oxygens (including phenoxy) is 2. The molecule has 0 aromatic heterocycles. The van der Waals surface area contributed by atoms with Gasteiger partial charge in [-0.3, -0.25) is 9.59 Å². The smallest absolute Gasteiger partial charge is 0.258 e. The second-order valence-electron chi connectivity index (χ2n) is 6.17. The third kappa shape index (κ3) is 6.64. The Bertz CT molecular complexity index is 567. The van der Waals surface area contributed by atoms with Gasteiger partial charge in [0, 0.05) is 24.7 Å². The number of nitrogens with zero attached hydrogens (tertiary/aromatic N) is 1. The van der Waals surface area contributed by atoms with Crippen LogP contribution in [0.25, 0.3) is 0 Å². The molecule has 140 valence electrons. The minimum atomic E-state index is -0.200. The molecule has 2 amide bonds. The van der Waals surface area contributed by atoms with Crippen molar-refractivity contribution in [2.75, 3.05) is 26.8 Å². The number of hydrogen-bond donors (Lipinski definition) is 1. The lowest BCUT2D eigenvalue weighted by Crippen LogP contribution is -2.34. The van der Waals surface area contributed by atoms with Crippen LogP contribution in [0.2, 0.25) is 0 Å². The van der Waals surface area contributed by atoms with Crippen molar-refractivity contribution in [2.24, 2.45) is 0 Å². The minimum absolute atomic E-state index is 0.0221. The van der Waals surface area contributed by atoms with E-state index in [1.54, 1.807) is 18.2 Å². The quantitative estimate of drug-likeness (QED) is 0.704. The van der Waals surface area contributed by atoms with Crippen LogP contribution in [0.4, 0.5) is 0 Å². The van der Waals surface area contributed by atoms with E-state index >= 15 is 0 Å². The molecule has 0 heterocycles. The van der Waals surface area contributed by atoms with Gasteiger partial charge in [0.1, 0.15) is 0 Å². The number of amides is 2. The van der Waals surface area contributed by atoms with Crippen molar-refractivity contribution in [1.29, 1.82) is 0 Å². The molecule has 6 heteroatoms. The molecule has 1 N–H and O–H groups in total. The molecule has 0 radical (unpaired) electrons. The summed E-state index contributed by atoms with van der Waals surface area (Å²) in [4.78, 5) is 26.2. The van der Waals surface area contributed by atoms with E-state index in [0.717, 1.165) is 25.9 Å². The lowest BCUT2D eigenvalue weighted by atomic mass is 10.1. The Morgan fingerprint density at radius 1 is 1.12 bits per heavy atom. The Hall–Kier alpha value is -2.24. The first kappa shape index (κ1) is 20.8. The van der Waals surface area contributed by atoms with Crippen LogP contribution in [0.5, 0.6) is 11.5 Å². The highest BCUT2D eigenvalue weighted by atomic mass is 16.5. The summed E-state index contributed by atoms with van der Waals surface area (Å²) in [5, 5.41) is 2.76. The molecular formula is C19H30N2O4. The maximum Gasteiger partial charge on any atom is 0.258 e. The van der Waals surface area contributed by atoms with Crippen LogP contribution in [0.1, 0.15) is 50.9 Å². The van der Waals surface area contributed by atoms with Crippen LogP contribution in [-0.4, -0.2) is 49.6 Å². The van der Waals surface area contributed by atoms with Crippen molar-refractivity contribution >= 4 is 11.8 Å². The standard InChI is InChI=1S/C19H30N2O4/c1-6-10-21(11-7-2)19(23)15-8-9-16(17(12-15)24-5)25-13-18(22)20-14(3)4/h8-9,12,14H,6-7,10-11,13H2,1-5H3,(H,20,22). The summed E-state index contributed by atoms with van der Waals surface area (Å²) < 4.78 is 10.8. The number of methoxy groups -OCH3 is 1. The van der Waals surface area contributed by atoms with Crippen LogP contribution in [0.3, 0.4) is 0 Å². The van der Waals surface area contributed by atoms with E-state index in [1.165, 1.54) is 7.11 Å². The van der Waals surface area contributed by atoms with Gasteiger partial charge < -0.3 is 19.7 Å². The fourth-order valence-electron chi connectivity index (χ4n) is 2.46. The van der Waals surface area contributed by atoms with Gasteiger partial charge in [-0.05, 0) is 44.9 Å². The average molecular weight is 350 g/mol. The molecule has 0 aliphatic rings. The molecule has 0 aliphatic heterocycles. The van der Waals surface area contributed by atoms with Gasteiger partial charge in [-0.25, -0.2) is 0 Å². The molecule has 1 aromatic rings. The van der Waals surface area contributed by atoms with Gasteiger partial charge in [0.15, 0.2) is 18.1 Å². The summed E-state index contributed by atoms with van der Waals surface area (Å²) in [6.45, 7) is 9.23. The molecule has 1 aromatic carbocycles. The molecule has 0 unspecified atom stereocenters. The third-order valence-corrected chi connectivity index (χ3v) is 3.49. The first-order chi connectivity index (χ1) is 11.9. The summed E-state index contributed by atoms with van der Waals surface area (Å²) >= 11 is 0. The molecule has 0 spiro atoms. The van der Waals surface area contributed by atoms with E-state index in [4.69, 9.17) is 9.47 Å². The van der Waals surface area contributed by atoms with Gasteiger partial charge in [-0.15, -0.1) is 0 Å². The van der Waals surface area contributed by atoms with Gasteiger partial charge >= 0.3 is 0 Å². The number of carbonyl (C=O) groups is 2. The summed E-state index contributed by atoms with van der Waals surface area (Å²) in [5.74, 6) is 0.659. The highest BCUT2D eigenvalue weighted by Gasteiger charge is 2.17. The van der Waals surface area contributed by atoms with Crippen molar-refractivity contribution in [3.8, 4) is 11.5 Å². The van der Waals surface area contributed by atoms with Crippen molar-refractivity contribution in [2.45, 2.75) is 46.6 Å². The fourth-order valence-corrected chi connectivity index (χ4v) is 2.46. The van der Waals surface area contributed by atoms with Crippen LogP contribution in [0.15, 0.2) is 18.2 Å². The van der Waals surface area contributed by atoms with Gasteiger partial charge in [0.05, 0.1) is 7.11 Å². The van der Waals surface area contributed by atoms with Crippen LogP contribution in [0, 0.1) is 0 Å². The maximum absolute atomic E-state index is 12.7. The van der Waals surface area contributed by atoms with Gasteiger partial charge in [0.25, 0.3) is 11.8 Å². The van der Waals surface area contributed by atoms with Gasteiger partial charge in [0.2, 0.25) is 0 Å². The Balaban J connectivity index is 2.86. The van der Waals surface area contributed by atoms with E-state index < -0.39 is 0 Å². The normalized spacial score (nSPS) is 10.5. The monoisotopic (exact) mass is 350 g/mol. The van der Waals surface area contributed by atoms with Gasteiger partial charge in [-0.1, -0.05) is 13.8 Å². The predicted molar refractivity (Wildman–Crippen MR) is 98.3 cm³/mol. The van der Waals surface area contributed by atoms with E-state index in [-0.39, 0.29) is 24.5 Å². The van der Waals surface area contributed by atoms with Crippen molar-refractivity contribution in [3.63, 3.8) is 0 Å². The SMILES string of the molecule is CCCN(CCC)C(=O)c1ccc(OCC(=O)NC(C)C)c(OC)c1. The predicted octanol–water partition coefficient (Wildman–Crippen LogP) is 2.86. The highest BCUT2D eigenvalue weighted by molar-refractivity contribution is 5.95. The molecule has 6 nitrogen and oxygen atoms in total. The fraction of sp³-hybridized carbons (Fsp3) is 0.579. The van der Waals surface area contributed by atoms with E-state index in [0.29, 0.717) is 17.1 Å². The van der Waals surface area contributed by atoms with Crippen LogP contribution < -0.4 is 14.8 Å².